The Morgan fingerprint density at radius 3 is 2.95 bits per heavy atom. The number of hydrogen-bond donors (Lipinski definition) is 1. The number of nitrogens with zero attached hydrogens (tertiary/aromatic N) is 2. The summed E-state index contributed by atoms with van der Waals surface area (Å²) in [6, 6.07) is 5.33. The van der Waals surface area contributed by atoms with Gasteiger partial charge in [-0.05, 0) is 41.1 Å². The molecule has 2 N–H and O–H groups in total. The van der Waals surface area contributed by atoms with E-state index >= 15 is 0 Å². The number of rotatable bonds is 2. The van der Waals surface area contributed by atoms with Gasteiger partial charge in [0.15, 0.2) is 0 Å². The van der Waals surface area contributed by atoms with Gasteiger partial charge in [-0.3, -0.25) is 0 Å². The monoisotopic (exact) mass is 357 g/mol. The lowest BCUT2D eigenvalue weighted by Crippen LogP contribution is -2.42. The van der Waals surface area contributed by atoms with Crippen molar-refractivity contribution >= 4 is 27.5 Å². The van der Waals surface area contributed by atoms with Crippen LogP contribution in [0, 0.1) is 0 Å². The second kappa shape index (κ2) is 5.11. The van der Waals surface area contributed by atoms with E-state index in [9.17, 15) is 0 Å². The first-order valence-corrected chi connectivity index (χ1v) is 7.31. The lowest BCUT2D eigenvalue weighted by Gasteiger charge is -2.21. The van der Waals surface area contributed by atoms with Crippen molar-refractivity contribution in [2.24, 2.45) is 5.73 Å². The fourth-order valence-electron chi connectivity index (χ4n) is 2.12. The van der Waals surface area contributed by atoms with Crippen LogP contribution in [0.4, 0.5) is 0 Å². The van der Waals surface area contributed by atoms with Crippen LogP contribution in [-0.4, -0.2) is 29.4 Å². The second-order valence-electron chi connectivity index (χ2n) is 5.09. The lowest BCUT2D eigenvalue weighted by molar-refractivity contribution is 0.169. The van der Waals surface area contributed by atoms with Crippen molar-refractivity contribution in [1.82, 2.24) is 10.1 Å². The van der Waals surface area contributed by atoms with E-state index in [2.05, 4.69) is 26.1 Å². The first-order valence-electron chi connectivity index (χ1n) is 6.13. The highest BCUT2D eigenvalue weighted by Crippen LogP contribution is 2.33. The van der Waals surface area contributed by atoms with Crippen LogP contribution in [0.1, 0.15) is 12.8 Å². The molecule has 1 saturated heterocycles. The van der Waals surface area contributed by atoms with Gasteiger partial charge in [0.25, 0.3) is 0 Å². The normalized spacial score (nSPS) is 26.1. The van der Waals surface area contributed by atoms with E-state index in [1.165, 1.54) is 0 Å². The van der Waals surface area contributed by atoms with E-state index in [0.717, 1.165) is 10.0 Å². The molecule has 1 aliphatic heterocycles. The first kappa shape index (κ1) is 14.0. The quantitative estimate of drug-likeness (QED) is 0.893. The van der Waals surface area contributed by atoms with Crippen molar-refractivity contribution in [2.45, 2.75) is 18.4 Å². The SMILES string of the molecule is CC1(c2nc(-c3ccc(Cl)c(Br)c3)no2)COCC1N. The number of halogens is 2. The molecule has 0 radical (unpaired) electrons. The number of nitrogens with two attached hydrogens (primary N) is 1. The molecule has 1 fully saturated rings. The summed E-state index contributed by atoms with van der Waals surface area (Å²) in [6.07, 6.45) is 0. The van der Waals surface area contributed by atoms with Crippen LogP contribution in [0.2, 0.25) is 5.02 Å². The fraction of sp³-hybridized carbons (Fsp3) is 0.385. The van der Waals surface area contributed by atoms with E-state index < -0.39 is 5.41 Å². The zero-order valence-electron chi connectivity index (χ0n) is 10.8. The van der Waals surface area contributed by atoms with Crippen molar-refractivity contribution < 1.29 is 9.26 Å². The van der Waals surface area contributed by atoms with Gasteiger partial charge in [-0.15, -0.1) is 0 Å². The Morgan fingerprint density at radius 2 is 2.30 bits per heavy atom. The van der Waals surface area contributed by atoms with E-state index in [-0.39, 0.29) is 6.04 Å². The summed E-state index contributed by atoms with van der Waals surface area (Å²) >= 11 is 9.35. The molecule has 20 heavy (non-hydrogen) atoms. The van der Waals surface area contributed by atoms with Crippen LogP contribution < -0.4 is 5.73 Å². The maximum Gasteiger partial charge on any atom is 0.236 e. The van der Waals surface area contributed by atoms with Gasteiger partial charge in [-0.2, -0.15) is 4.98 Å². The molecule has 5 nitrogen and oxygen atoms in total. The summed E-state index contributed by atoms with van der Waals surface area (Å²) in [5, 5.41) is 4.66. The summed E-state index contributed by atoms with van der Waals surface area (Å²) in [6.45, 7) is 2.96. The summed E-state index contributed by atoms with van der Waals surface area (Å²) in [5.74, 6) is 1.02. The molecule has 2 unspecified atom stereocenters. The first-order chi connectivity index (χ1) is 9.50. The van der Waals surface area contributed by atoms with Gasteiger partial charge in [0.05, 0.1) is 23.7 Å². The molecular weight excluding hydrogens is 346 g/mol. The second-order valence-corrected chi connectivity index (χ2v) is 6.35. The predicted molar refractivity (Wildman–Crippen MR) is 78.6 cm³/mol. The Labute approximate surface area is 129 Å². The van der Waals surface area contributed by atoms with Gasteiger partial charge in [0, 0.05) is 16.1 Å². The molecule has 1 aromatic heterocycles. The third-order valence-electron chi connectivity index (χ3n) is 3.61. The zero-order valence-corrected chi connectivity index (χ0v) is 13.1. The van der Waals surface area contributed by atoms with E-state index in [4.69, 9.17) is 26.6 Å². The molecule has 0 spiro atoms. The van der Waals surface area contributed by atoms with E-state index in [1.807, 2.05) is 19.1 Å². The van der Waals surface area contributed by atoms with Crippen LogP contribution in [0.5, 0.6) is 0 Å². The minimum atomic E-state index is -0.436. The van der Waals surface area contributed by atoms with Crippen LogP contribution >= 0.6 is 27.5 Å². The average molecular weight is 359 g/mol. The Kier molecular flexibility index (Phi) is 3.58. The molecule has 1 aromatic carbocycles. The summed E-state index contributed by atoms with van der Waals surface area (Å²) in [5.41, 5.74) is 6.45. The van der Waals surface area contributed by atoms with Gasteiger partial charge in [-0.25, -0.2) is 0 Å². The van der Waals surface area contributed by atoms with Crippen LogP contribution in [0.15, 0.2) is 27.2 Å². The summed E-state index contributed by atoms with van der Waals surface area (Å²) in [7, 11) is 0. The van der Waals surface area contributed by atoms with Crippen LogP contribution in [0.3, 0.4) is 0 Å². The maximum atomic E-state index is 6.06. The van der Waals surface area contributed by atoms with Crippen molar-refractivity contribution in [2.75, 3.05) is 13.2 Å². The predicted octanol–water partition coefficient (Wildman–Crippen LogP) is 2.77. The molecule has 0 aliphatic carbocycles. The maximum absolute atomic E-state index is 6.06. The van der Waals surface area contributed by atoms with Gasteiger partial charge in [0.2, 0.25) is 11.7 Å². The minimum Gasteiger partial charge on any atom is -0.379 e. The third kappa shape index (κ3) is 2.26. The average Bonchev–Trinajstić information content (AvgIpc) is 3.02. The van der Waals surface area contributed by atoms with Gasteiger partial charge in [-0.1, -0.05) is 16.8 Å². The van der Waals surface area contributed by atoms with Gasteiger partial charge < -0.3 is 15.0 Å². The molecular formula is C13H13BrClN3O2. The topological polar surface area (TPSA) is 74.2 Å². The summed E-state index contributed by atoms with van der Waals surface area (Å²) in [4.78, 5) is 4.45. The molecule has 2 aromatic rings. The van der Waals surface area contributed by atoms with Crippen LogP contribution in [0.25, 0.3) is 11.4 Å². The van der Waals surface area contributed by atoms with E-state index in [0.29, 0.717) is 30.0 Å². The lowest BCUT2D eigenvalue weighted by atomic mass is 9.86. The van der Waals surface area contributed by atoms with Crippen LogP contribution in [-0.2, 0) is 10.2 Å². The standard InChI is InChI=1S/C13H13BrClN3O2/c1-13(6-19-5-10(13)16)12-17-11(18-20-12)7-2-3-9(15)8(14)4-7/h2-4,10H,5-6,16H2,1H3. The van der Waals surface area contributed by atoms with Crippen molar-refractivity contribution in [1.29, 1.82) is 0 Å². The summed E-state index contributed by atoms with van der Waals surface area (Å²) < 4.78 is 11.6. The molecule has 0 bridgehead atoms. The molecule has 3 rings (SSSR count). The molecule has 2 heterocycles. The van der Waals surface area contributed by atoms with Gasteiger partial charge >= 0.3 is 0 Å². The third-order valence-corrected chi connectivity index (χ3v) is 4.82. The Morgan fingerprint density at radius 1 is 1.50 bits per heavy atom. The van der Waals surface area contributed by atoms with Crippen molar-refractivity contribution in [3.8, 4) is 11.4 Å². The molecule has 0 saturated carbocycles. The fourth-order valence-corrected chi connectivity index (χ4v) is 2.61. The highest BCUT2D eigenvalue weighted by Gasteiger charge is 2.44. The number of hydrogen-bond acceptors (Lipinski definition) is 5. The molecule has 7 heteroatoms. The van der Waals surface area contributed by atoms with E-state index in [1.54, 1.807) is 6.07 Å². The highest BCUT2D eigenvalue weighted by molar-refractivity contribution is 9.10. The van der Waals surface area contributed by atoms with Gasteiger partial charge in [0.1, 0.15) is 0 Å². The van der Waals surface area contributed by atoms with Crippen molar-refractivity contribution in [3.05, 3.63) is 33.6 Å². The molecule has 2 atom stereocenters. The highest BCUT2D eigenvalue weighted by atomic mass is 79.9. The minimum absolute atomic E-state index is 0.146. The number of aromatic nitrogens is 2. The molecule has 0 amide bonds. The Balaban J connectivity index is 1.96. The molecule has 106 valence electrons. The molecule has 1 aliphatic rings. The van der Waals surface area contributed by atoms with Crippen molar-refractivity contribution in [3.63, 3.8) is 0 Å². The largest absolute Gasteiger partial charge is 0.379 e. The number of benzene rings is 1. The zero-order chi connectivity index (χ0) is 14.3. The number of ether oxygens (including phenoxy) is 1. The Hall–Kier alpha value is -0.950. The smallest absolute Gasteiger partial charge is 0.236 e. The Bertz CT molecular complexity index is 648.